The first-order valence-electron chi connectivity index (χ1n) is 5.91. The highest BCUT2D eigenvalue weighted by molar-refractivity contribution is 7.92. The standard InChI is InChI=1S/C13H12ClNO5S2/c1-21(17,18)15-10-4-7-12(16)13(8-10)22(19,20)11-5-2-9(14)3-6-11/h2-8,15-16H,1H3. The van der Waals surface area contributed by atoms with E-state index >= 15 is 0 Å². The van der Waals surface area contributed by atoms with E-state index < -0.39 is 30.5 Å². The number of phenols is 1. The van der Waals surface area contributed by atoms with Gasteiger partial charge in [0.25, 0.3) is 0 Å². The number of halogens is 1. The number of aromatic hydroxyl groups is 1. The quantitative estimate of drug-likeness (QED) is 0.813. The van der Waals surface area contributed by atoms with Gasteiger partial charge in [0.15, 0.2) is 0 Å². The molecule has 0 heterocycles. The van der Waals surface area contributed by atoms with Crippen LogP contribution in [0.1, 0.15) is 0 Å². The summed E-state index contributed by atoms with van der Waals surface area (Å²) in [6, 6.07) is 8.84. The maximum Gasteiger partial charge on any atom is 0.229 e. The number of hydrogen-bond donors (Lipinski definition) is 2. The van der Waals surface area contributed by atoms with Gasteiger partial charge in [0.1, 0.15) is 10.6 Å². The van der Waals surface area contributed by atoms with Gasteiger partial charge in [-0.15, -0.1) is 0 Å². The zero-order valence-corrected chi connectivity index (χ0v) is 13.7. The molecule has 0 aliphatic carbocycles. The average molecular weight is 362 g/mol. The molecule has 22 heavy (non-hydrogen) atoms. The van der Waals surface area contributed by atoms with Crippen molar-refractivity contribution >= 4 is 37.1 Å². The molecule has 0 unspecified atom stereocenters. The van der Waals surface area contributed by atoms with Crippen LogP contribution in [-0.4, -0.2) is 28.2 Å². The number of phenolic OH excluding ortho intramolecular Hbond substituents is 1. The maximum absolute atomic E-state index is 12.5. The number of benzene rings is 2. The van der Waals surface area contributed by atoms with Crippen LogP contribution in [0.5, 0.6) is 5.75 Å². The Kier molecular flexibility index (Phi) is 4.37. The summed E-state index contributed by atoms with van der Waals surface area (Å²) < 4.78 is 49.6. The van der Waals surface area contributed by atoms with Crippen molar-refractivity contribution in [2.24, 2.45) is 0 Å². The molecule has 0 spiro atoms. The summed E-state index contributed by atoms with van der Waals surface area (Å²) in [7, 11) is -7.57. The highest BCUT2D eigenvalue weighted by Gasteiger charge is 2.22. The van der Waals surface area contributed by atoms with Gasteiger partial charge in [0.05, 0.1) is 16.8 Å². The van der Waals surface area contributed by atoms with Crippen molar-refractivity contribution in [3.63, 3.8) is 0 Å². The fraction of sp³-hybridized carbons (Fsp3) is 0.0769. The summed E-state index contributed by atoms with van der Waals surface area (Å²) in [5.74, 6) is -0.478. The average Bonchev–Trinajstić information content (AvgIpc) is 2.40. The fourth-order valence-corrected chi connectivity index (χ4v) is 3.80. The number of rotatable bonds is 4. The molecule has 0 fully saturated rings. The Morgan fingerprint density at radius 1 is 1.00 bits per heavy atom. The topological polar surface area (TPSA) is 101 Å². The van der Waals surface area contributed by atoms with E-state index in [0.717, 1.165) is 18.4 Å². The monoisotopic (exact) mass is 361 g/mol. The van der Waals surface area contributed by atoms with Gasteiger partial charge in [-0.3, -0.25) is 4.72 Å². The Balaban J connectivity index is 2.55. The van der Waals surface area contributed by atoms with E-state index in [0.29, 0.717) is 5.02 Å². The van der Waals surface area contributed by atoms with E-state index in [9.17, 15) is 21.9 Å². The Morgan fingerprint density at radius 2 is 1.59 bits per heavy atom. The van der Waals surface area contributed by atoms with Gasteiger partial charge >= 0.3 is 0 Å². The Hall–Kier alpha value is -1.77. The largest absolute Gasteiger partial charge is 0.507 e. The Labute approximate surface area is 133 Å². The second-order valence-electron chi connectivity index (χ2n) is 4.51. The lowest BCUT2D eigenvalue weighted by molar-refractivity contribution is 0.459. The van der Waals surface area contributed by atoms with Gasteiger partial charge in [-0.25, -0.2) is 16.8 Å². The van der Waals surface area contributed by atoms with Crippen LogP contribution in [0.25, 0.3) is 0 Å². The lowest BCUT2D eigenvalue weighted by Crippen LogP contribution is -2.10. The van der Waals surface area contributed by atoms with Gasteiger partial charge in [-0.2, -0.15) is 0 Å². The maximum atomic E-state index is 12.5. The molecule has 0 radical (unpaired) electrons. The highest BCUT2D eigenvalue weighted by atomic mass is 35.5. The third-order valence-electron chi connectivity index (χ3n) is 2.68. The van der Waals surface area contributed by atoms with E-state index in [-0.39, 0.29) is 10.6 Å². The van der Waals surface area contributed by atoms with Gasteiger partial charge in [0, 0.05) is 5.02 Å². The predicted molar refractivity (Wildman–Crippen MR) is 83.5 cm³/mol. The first-order chi connectivity index (χ1) is 10.1. The zero-order chi connectivity index (χ0) is 16.5. The molecule has 6 nitrogen and oxygen atoms in total. The first-order valence-corrected chi connectivity index (χ1v) is 9.66. The lowest BCUT2D eigenvalue weighted by atomic mass is 10.3. The molecule has 2 N–H and O–H groups in total. The Morgan fingerprint density at radius 3 is 2.14 bits per heavy atom. The minimum absolute atomic E-state index is 0.0350. The van der Waals surface area contributed by atoms with Crippen LogP contribution < -0.4 is 4.72 Å². The smallest absolute Gasteiger partial charge is 0.229 e. The van der Waals surface area contributed by atoms with Crippen molar-refractivity contribution in [1.82, 2.24) is 0 Å². The summed E-state index contributed by atoms with van der Waals surface area (Å²) in [6.07, 6.45) is 0.938. The molecule has 0 saturated heterocycles. The number of sulfonamides is 1. The van der Waals surface area contributed by atoms with Crippen LogP contribution in [-0.2, 0) is 19.9 Å². The number of hydrogen-bond acceptors (Lipinski definition) is 5. The molecule has 0 bridgehead atoms. The molecule has 2 aromatic rings. The van der Waals surface area contributed by atoms with Crippen molar-refractivity contribution < 1.29 is 21.9 Å². The minimum Gasteiger partial charge on any atom is -0.507 e. The molecule has 2 rings (SSSR count). The molecule has 0 amide bonds. The van der Waals surface area contributed by atoms with Crippen LogP contribution in [0.4, 0.5) is 5.69 Å². The van der Waals surface area contributed by atoms with Crippen molar-refractivity contribution in [3.8, 4) is 5.75 Å². The minimum atomic E-state index is -4.01. The summed E-state index contributed by atoms with van der Waals surface area (Å²) in [5, 5.41) is 10.2. The van der Waals surface area contributed by atoms with Crippen LogP contribution in [0, 0.1) is 0 Å². The molecular formula is C13H12ClNO5S2. The van der Waals surface area contributed by atoms with E-state index in [1.807, 2.05) is 0 Å². The third-order valence-corrected chi connectivity index (χ3v) is 5.33. The molecule has 0 saturated carbocycles. The summed E-state index contributed by atoms with van der Waals surface area (Å²) in [4.78, 5) is -0.466. The second kappa shape index (κ2) is 5.79. The predicted octanol–water partition coefficient (Wildman–Crippen LogP) is 2.25. The van der Waals surface area contributed by atoms with Crippen LogP contribution in [0.3, 0.4) is 0 Å². The molecule has 0 aliphatic heterocycles. The van der Waals surface area contributed by atoms with E-state index in [2.05, 4.69) is 4.72 Å². The Bertz CT molecular complexity index is 906. The molecule has 2 aromatic carbocycles. The fourth-order valence-electron chi connectivity index (χ4n) is 1.75. The van der Waals surface area contributed by atoms with Gasteiger partial charge in [0.2, 0.25) is 19.9 Å². The summed E-state index contributed by atoms with van der Waals surface area (Å²) in [6.45, 7) is 0. The number of anilines is 1. The van der Waals surface area contributed by atoms with Crippen LogP contribution in [0.15, 0.2) is 52.3 Å². The summed E-state index contributed by atoms with van der Waals surface area (Å²) in [5.41, 5.74) is 0.0350. The normalized spacial score (nSPS) is 12.1. The third kappa shape index (κ3) is 3.70. The molecule has 0 atom stereocenters. The number of sulfone groups is 1. The van der Waals surface area contributed by atoms with Crippen molar-refractivity contribution in [3.05, 3.63) is 47.5 Å². The number of nitrogens with one attached hydrogen (secondary N) is 1. The van der Waals surface area contributed by atoms with Gasteiger partial charge in [-0.05, 0) is 42.5 Å². The van der Waals surface area contributed by atoms with Crippen LogP contribution in [0.2, 0.25) is 5.02 Å². The zero-order valence-electron chi connectivity index (χ0n) is 11.3. The molecule has 118 valence electrons. The second-order valence-corrected chi connectivity index (χ2v) is 8.62. The van der Waals surface area contributed by atoms with E-state index in [1.54, 1.807) is 0 Å². The van der Waals surface area contributed by atoms with E-state index in [4.69, 9.17) is 11.6 Å². The molecule has 0 aliphatic rings. The first kappa shape index (κ1) is 16.6. The highest BCUT2D eigenvalue weighted by Crippen LogP contribution is 2.31. The molecule has 9 heteroatoms. The van der Waals surface area contributed by atoms with E-state index in [1.165, 1.54) is 30.3 Å². The molecular weight excluding hydrogens is 350 g/mol. The lowest BCUT2D eigenvalue weighted by Gasteiger charge is -2.10. The van der Waals surface area contributed by atoms with Gasteiger partial charge in [-0.1, -0.05) is 11.6 Å². The van der Waals surface area contributed by atoms with Crippen molar-refractivity contribution in [2.75, 3.05) is 11.0 Å². The molecule has 0 aromatic heterocycles. The summed E-state index contributed by atoms with van der Waals surface area (Å²) >= 11 is 5.72. The van der Waals surface area contributed by atoms with Crippen molar-refractivity contribution in [2.45, 2.75) is 9.79 Å². The van der Waals surface area contributed by atoms with Crippen LogP contribution >= 0.6 is 11.6 Å². The van der Waals surface area contributed by atoms with Crippen molar-refractivity contribution in [1.29, 1.82) is 0 Å². The SMILES string of the molecule is CS(=O)(=O)Nc1ccc(O)c(S(=O)(=O)c2ccc(Cl)cc2)c1. The van der Waals surface area contributed by atoms with Gasteiger partial charge < -0.3 is 5.11 Å².